The number of aromatic nitrogens is 2. The molecule has 3 heterocycles. The first kappa shape index (κ1) is 22.5. The molecular formula is C28H23N3O4S. The zero-order chi connectivity index (χ0) is 24.6. The molecule has 180 valence electrons. The van der Waals surface area contributed by atoms with Gasteiger partial charge in [-0.25, -0.2) is 9.78 Å². The van der Waals surface area contributed by atoms with Crippen LogP contribution in [0.4, 0.5) is 11.4 Å². The van der Waals surface area contributed by atoms with Crippen molar-refractivity contribution in [2.24, 2.45) is 0 Å². The van der Waals surface area contributed by atoms with Gasteiger partial charge in [0.2, 0.25) is 0 Å². The third kappa shape index (κ3) is 3.97. The van der Waals surface area contributed by atoms with E-state index in [9.17, 15) is 14.4 Å². The van der Waals surface area contributed by atoms with Crippen LogP contribution in [-0.2, 0) is 22.5 Å². The highest BCUT2D eigenvalue weighted by Gasteiger charge is 2.28. The summed E-state index contributed by atoms with van der Waals surface area (Å²) in [5.41, 5.74) is 2.18. The maximum atomic E-state index is 13.3. The molecule has 4 aromatic rings. The van der Waals surface area contributed by atoms with Crippen molar-refractivity contribution in [1.29, 1.82) is 0 Å². The highest BCUT2D eigenvalue weighted by molar-refractivity contribution is 7.99. The maximum absolute atomic E-state index is 13.3. The monoisotopic (exact) mass is 497 g/mol. The summed E-state index contributed by atoms with van der Waals surface area (Å²) >= 11 is 1.60. The van der Waals surface area contributed by atoms with E-state index < -0.39 is 12.6 Å². The fourth-order valence-electron chi connectivity index (χ4n) is 4.79. The molecule has 0 fully saturated rings. The van der Waals surface area contributed by atoms with Gasteiger partial charge < -0.3 is 4.74 Å². The number of hydrogen-bond acceptors (Lipinski definition) is 6. The van der Waals surface area contributed by atoms with E-state index in [1.165, 1.54) is 0 Å². The lowest BCUT2D eigenvalue weighted by atomic mass is 10.1. The molecule has 7 nitrogen and oxygen atoms in total. The van der Waals surface area contributed by atoms with Gasteiger partial charge in [0.05, 0.1) is 27.8 Å². The molecule has 0 N–H and O–H groups in total. The summed E-state index contributed by atoms with van der Waals surface area (Å²) in [5, 5.41) is 0.479. The van der Waals surface area contributed by atoms with Gasteiger partial charge in [-0.15, -0.1) is 0 Å². The van der Waals surface area contributed by atoms with Crippen LogP contribution in [-0.4, -0.2) is 28.0 Å². The Balaban J connectivity index is 1.25. The number of ether oxygens (including phenoxy) is 1. The van der Waals surface area contributed by atoms with Crippen molar-refractivity contribution in [1.82, 2.24) is 9.55 Å². The van der Waals surface area contributed by atoms with E-state index in [0.717, 1.165) is 52.7 Å². The van der Waals surface area contributed by atoms with E-state index in [1.807, 2.05) is 48.5 Å². The molecule has 0 radical (unpaired) electrons. The molecule has 3 aromatic carbocycles. The Morgan fingerprint density at radius 3 is 2.39 bits per heavy atom. The molecular weight excluding hydrogens is 474 g/mol. The van der Waals surface area contributed by atoms with Crippen molar-refractivity contribution in [3.63, 3.8) is 0 Å². The van der Waals surface area contributed by atoms with E-state index in [0.29, 0.717) is 17.4 Å². The molecule has 6 rings (SSSR count). The minimum atomic E-state index is -0.630. The molecule has 0 bridgehead atoms. The Labute approximate surface area is 211 Å². The van der Waals surface area contributed by atoms with E-state index >= 15 is 0 Å². The van der Waals surface area contributed by atoms with Gasteiger partial charge in [0.25, 0.3) is 11.5 Å². The van der Waals surface area contributed by atoms with Crippen molar-refractivity contribution in [3.05, 3.63) is 88.5 Å². The summed E-state index contributed by atoms with van der Waals surface area (Å²) in [6, 6.07) is 20.1. The lowest BCUT2D eigenvalue weighted by Crippen LogP contribution is -2.32. The van der Waals surface area contributed by atoms with Crippen molar-refractivity contribution >= 4 is 45.9 Å². The van der Waals surface area contributed by atoms with Gasteiger partial charge >= 0.3 is 5.97 Å². The number of hydrogen-bond donors (Lipinski definition) is 0. The molecule has 1 aromatic heterocycles. The molecule has 2 aliphatic heterocycles. The van der Waals surface area contributed by atoms with Crippen LogP contribution >= 0.6 is 11.8 Å². The average Bonchev–Trinajstić information content (AvgIpc) is 3.15. The number of amides is 1. The number of nitrogens with zero attached hydrogens (tertiary/aromatic N) is 3. The predicted molar refractivity (Wildman–Crippen MR) is 138 cm³/mol. The summed E-state index contributed by atoms with van der Waals surface area (Å²) in [6.45, 7) is 0.259. The molecule has 0 spiro atoms. The number of rotatable bonds is 3. The third-order valence-corrected chi connectivity index (χ3v) is 7.69. The second-order valence-corrected chi connectivity index (χ2v) is 9.95. The summed E-state index contributed by atoms with van der Waals surface area (Å²) in [6.07, 6.45) is 3.76. The second kappa shape index (κ2) is 9.28. The lowest BCUT2D eigenvalue weighted by molar-refractivity contribution is -0.121. The number of esters is 1. The molecule has 36 heavy (non-hydrogen) atoms. The van der Waals surface area contributed by atoms with Crippen LogP contribution < -0.4 is 10.5 Å². The Morgan fingerprint density at radius 1 is 0.917 bits per heavy atom. The number of para-hydroxylation sites is 2. The van der Waals surface area contributed by atoms with E-state index in [1.54, 1.807) is 39.4 Å². The Morgan fingerprint density at radius 2 is 1.64 bits per heavy atom. The third-order valence-electron chi connectivity index (χ3n) is 6.56. The lowest BCUT2D eigenvalue weighted by Gasteiger charge is -2.30. The van der Waals surface area contributed by atoms with Gasteiger partial charge in [0, 0.05) is 22.8 Å². The van der Waals surface area contributed by atoms with Crippen molar-refractivity contribution in [2.45, 2.75) is 42.0 Å². The molecule has 0 saturated carbocycles. The number of aryl methyl sites for hydroxylation is 1. The van der Waals surface area contributed by atoms with Crippen molar-refractivity contribution < 1.29 is 14.3 Å². The normalized spacial score (nSPS) is 14.4. The van der Waals surface area contributed by atoms with Crippen molar-refractivity contribution in [2.75, 3.05) is 11.5 Å². The molecule has 8 heteroatoms. The zero-order valence-electron chi connectivity index (χ0n) is 19.5. The quantitative estimate of drug-likeness (QED) is 0.366. The minimum Gasteiger partial charge on any atom is -0.452 e. The highest BCUT2D eigenvalue weighted by atomic mass is 32.2. The van der Waals surface area contributed by atoms with Gasteiger partial charge in [0.15, 0.2) is 6.61 Å². The zero-order valence-corrected chi connectivity index (χ0v) is 20.3. The van der Waals surface area contributed by atoms with E-state index in [-0.39, 0.29) is 17.0 Å². The summed E-state index contributed by atoms with van der Waals surface area (Å²) < 4.78 is 7.19. The number of benzene rings is 3. The summed E-state index contributed by atoms with van der Waals surface area (Å²) in [4.78, 5) is 47.3. The smallest absolute Gasteiger partial charge is 0.338 e. The fraction of sp³-hybridized carbons (Fsp3) is 0.214. The predicted octanol–water partition coefficient (Wildman–Crippen LogP) is 5.11. The van der Waals surface area contributed by atoms with Crippen LogP contribution in [0, 0.1) is 0 Å². The topological polar surface area (TPSA) is 81.5 Å². The maximum Gasteiger partial charge on any atom is 0.338 e. The van der Waals surface area contributed by atoms with Gasteiger partial charge in [-0.1, -0.05) is 42.4 Å². The number of carbonyl (C=O) groups excluding carboxylic acids is 2. The number of fused-ring (bicyclic) bond motifs is 4. The molecule has 0 saturated heterocycles. The molecule has 2 aliphatic rings. The van der Waals surface area contributed by atoms with Crippen LogP contribution in [0.15, 0.2) is 81.3 Å². The van der Waals surface area contributed by atoms with Crippen LogP contribution in [0.3, 0.4) is 0 Å². The Kier molecular flexibility index (Phi) is 5.81. The standard InChI is InChI=1S/C28H23N3O4S/c32-26(31-21-8-3-5-10-23(21)36-24-11-6-4-9-22(24)31)17-35-28(34)18-13-14-19-20(16-18)29-25-12-2-1-7-15-30(25)27(19)33/h3-6,8-11,13-14,16H,1-2,7,12,15,17H2. The van der Waals surface area contributed by atoms with Crippen LogP contribution in [0.25, 0.3) is 10.9 Å². The summed E-state index contributed by atoms with van der Waals surface area (Å²) in [7, 11) is 0. The van der Waals surface area contributed by atoms with Crippen LogP contribution in [0.2, 0.25) is 0 Å². The first-order valence-corrected chi connectivity index (χ1v) is 12.8. The van der Waals surface area contributed by atoms with E-state index in [2.05, 4.69) is 4.98 Å². The van der Waals surface area contributed by atoms with Gasteiger partial charge in [-0.2, -0.15) is 0 Å². The highest BCUT2D eigenvalue weighted by Crippen LogP contribution is 2.47. The largest absolute Gasteiger partial charge is 0.452 e. The molecule has 0 aliphatic carbocycles. The summed E-state index contributed by atoms with van der Waals surface area (Å²) in [5.74, 6) is -0.216. The fourth-order valence-corrected chi connectivity index (χ4v) is 5.85. The average molecular weight is 498 g/mol. The molecule has 1 amide bonds. The number of anilines is 2. The van der Waals surface area contributed by atoms with E-state index in [4.69, 9.17) is 4.74 Å². The minimum absolute atomic E-state index is 0.0766. The van der Waals surface area contributed by atoms with Gasteiger partial charge in [-0.05, 0) is 55.3 Å². The van der Waals surface area contributed by atoms with Gasteiger partial charge in [-0.3, -0.25) is 19.1 Å². The van der Waals surface area contributed by atoms with Crippen LogP contribution in [0.5, 0.6) is 0 Å². The SMILES string of the molecule is O=C(OCC(=O)N1c2ccccc2Sc2ccccc21)c1ccc2c(=O)n3c(nc2c1)CCCCC3. The molecule has 0 atom stereocenters. The molecule has 0 unspecified atom stereocenters. The van der Waals surface area contributed by atoms with Gasteiger partial charge in [0.1, 0.15) is 5.82 Å². The Bertz CT molecular complexity index is 1530. The first-order valence-electron chi connectivity index (χ1n) is 12.0. The Hall–Kier alpha value is -3.91. The second-order valence-electron chi connectivity index (χ2n) is 8.87. The van der Waals surface area contributed by atoms with Crippen molar-refractivity contribution in [3.8, 4) is 0 Å². The van der Waals surface area contributed by atoms with Crippen LogP contribution in [0.1, 0.15) is 35.4 Å². The first-order chi connectivity index (χ1) is 17.6. The number of carbonyl (C=O) groups is 2.